The highest BCUT2D eigenvalue weighted by Gasteiger charge is 2.02. The van der Waals surface area contributed by atoms with Crippen molar-refractivity contribution >= 4 is 23.2 Å². The van der Waals surface area contributed by atoms with Crippen molar-refractivity contribution in [2.45, 2.75) is 0 Å². The van der Waals surface area contributed by atoms with E-state index in [1.807, 2.05) is 0 Å². The number of aromatic nitrogens is 2. The van der Waals surface area contributed by atoms with E-state index in [0.29, 0.717) is 5.69 Å². The number of halogens is 2. The van der Waals surface area contributed by atoms with Gasteiger partial charge in [0.1, 0.15) is 11.0 Å². The van der Waals surface area contributed by atoms with Crippen molar-refractivity contribution in [2.24, 2.45) is 0 Å². The van der Waals surface area contributed by atoms with E-state index in [1.54, 1.807) is 0 Å². The first-order valence-electron chi connectivity index (χ1n) is 4.39. The Bertz CT molecular complexity index is 484. The quantitative estimate of drug-likeness (QED) is 0.791. The molecule has 6 heteroatoms. The van der Waals surface area contributed by atoms with Crippen LogP contribution < -0.4 is 5.32 Å². The molecule has 0 aliphatic rings. The van der Waals surface area contributed by atoms with E-state index in [1.165, 1.54) is 30.3 Å². The lowest BCUT2D eigenvalue weighted by Crippen LogP contribution is -1.96. The van der Waals surface area contributed by atoms with Crippen LogP contribution in [-0.2, 0) is 0 Å². The Labute approximate surface area is 95.7 Å². The SMILES string of the molecule is Oc1cc(Cl)nc(Nc2ccc(F)cc2)n1. The molecule has 0 saturated heterocycles. The molecule has 1 aromatic carbocycles. The van der Waals surface area contributed by atoms with Crippen LogP contribution in [0.4, 0.5) is 16.0 Å². The Morgan fingerprint density at radius 2 is 1.88 bits per heavy atom. The summed E-state index contributed by atoms with van der Waals surface area (Å²) in [6.45, 7) is 0. The Hall–Kier alpha value is -1.88. The predicted molar refractivity (Wildman–Crippen MR) is 58.4 cm³/mol. The molecule has 0 saturated carbocycles. The minimum Gasteiger partial charge on any atom is -0.493 e. The average molecular weight is 240 g/mol. The van der Waals surface area contributed by atoms with Gasteiger partial charge in [-0.3, -0.25) is 0 Å². The summed E-state index contributed by atoms with van der Waals surface area (Å²) >= 11 is 5.63. The Kier molecular flexibility index (Phi) is 2.87. The van der Waals surface area contributed by atoms with Crippen LogP contribution in [0, 0.1) is 5.82 Å². The largest absolute Gasteiger partial charge is 0.493 e. The lowest BCUT2D eigenvalue weighted by atomic mass is 10.3. The van der Waals surface area contributed by atoms with Gasteiger partial charge in [-0.25, -0.2) is 9.37 Å². The molecular formula is C10H7ClFN3O. The van der Waals surface area contributed by atoms with E-state index in [4.69, 9.17) is 11.6 Å². The third-order valence-corrected chi connectivity index (χ3v) is 1.98. The van der Waals surface area contributed by atoms with Gasteiger partial charge in [-0.15, -0.1) is 0 Å². The summed E-state index contributed by atoms with van der Waals surface area (Å²) in [5.74, 6) is -0.415. The predicted octanol–water partition coefficient (Wildman–Crippen LogP) is 2.72. The fourth-order valence-corrected chi connectivity index (χ4v) is 1.30. The number of hydrogen-bond acceptors (Lipinski definition) is 4. The second-order valence-corrected chi connectivity index (χ2v) is 3.39. The molecule has 1 heterocycles. The molecule has 0 spiro atoms. The van der Waals surface area contributed by atoms with Gasteiger partial charge in [0, 0.05) is 11.8 Å². The molecule has 0 amide bonds. The minimum absolute atomic E-state index is 0.122. The molecule has 2 N–H and O–H groups in total. The molecule has 0 radical (unpaired) electrons. The molecule has 0 unspecified atom stereocenters. The third kappa shape index (κ3) is 2.58. The molecule has 0 fully saturated rings. The smallest absolute Gasteiger partial charge is 0.231 e. The topological polar surface area (TPSA) is 58.0 Å². The van der Waals surface area contributed by atoms with Crippen molar-refractivity contribution in [1.82, 2.24) is 9.97 Å². The first-order valence-corrected chi connectivity index (χ1v) is 4.77. The zero-order chi connectivity index (χ0) is 11.5. The first kappa shape index (κ1) is 10.6. The molecular weight excluding hydrogens is 233 g/mol. The number of aromatic hydroxyl groups is 1. The average Bonchev–Trinajstić information content (AvgIpc) is 2.20. The summed E-state index contributed by atoms with van der Waals surface area (Å²) < 4.78 is 12.6. The van der Waals surface area contributed by atoms with Gasteiger partial charge in [-0.2, -0.15) is 4.98 Å². The summed E-state index contributed by atoms with van der Waals surface area (Å²) in [7, 11) is 0. The van der Waals surface area contributed by atoms with Gasteiger partial charge >= 0.3 is 0 Å². The summed E-state index contributed by atoms with van der Waals surface area (Å²) in [6.07, 6.45) is 0. The number of nitrogens with zero attached hydrogens (tertiary/aromatic N) is 2. The first-order chi connectivity index (χ1) is 7.63. The van der Waals surface area contributed by atoms with E-state index in [0.717, 1.165) is 0 Å². The van der Waals surface area contributed by atoms with E-state index >= 15 is 0 Å². The molecule has 2 aromatic rings. The fraction of sp³-hybridized carbons (Fsp3) is 0. The number of rotatable bonds is 2. The van der Waals surface area contributed by atoms with Crippen molar-refractivity contribution in [3.05, 3.63) is 41.3 Å². The summed E-state index contributed by atoms with van der Waals surface area (Å²) in [6, 6.07) is 6.87. The van der Waals surface area contributed by atoms with Crippen LogP contribution in [0.5, 0.6) is 5.88 Å². The summed E-state index contributed by atoms with van der Waals surface area (Å²) in [4.78, 5) is 7.55. The molecule has 0 atom stereocenters. The van der Waals surface area contributed by atoms with Crippen molar-refractivity contribution < 1.29 is 9.50 Å². The van der Waals surface area contributed by atoms with Crippen molar-refractivity contribution in [1.29, 1.82) is 0 Å². The van der Waals surface area contributed by atoms with Gasteiger partial charge in [0.25, 0.3) is 0 Å². The van der Waals surface area contributed by atoms with Crippen LogP contribution in [-0.4, -0.2) is 15.1 Å². The van der Waals surface area contributed by atoms with Crippen molar-refractivity contribution in [3.63, 3.8) is 0 Å². The van der Waals surface area contributed by atoms with Gasteiger partial charge in [0.05, 0.1) is 0 Å². The molecule has 0 bridgehead atoms. The maximum atomic E-state index is 12.6. The Balaban J connectivity index is 2.23. The monoisotopic (exact) mass is 239 g/mol. The van der Waals surface area contributed by atoms with Gasteiger partial charge in [0.2, 0.25) is 11.8 Å². The second kappa shape index (κ2) is 4.32. The standard InChI is InChI=1S/C10H7ClFN3O/c11-8-5-9(16)15-10(14-8)13-7-3-1-6(12)2-4-7/h1-5H,(H2,13,14,15,16). The van der Waals surface area contributed by atoms with Crippen LogP contribution in [0.15, 0.2) is 30.3 Å². The van der Waals surface area contributed by atoms with Crippen LogP contribution in [0.3, 0.4) is 0 Å². The summed E-state index contributed by atoms with van der Waals surface area (Å²) in [5, 5.41) is 12.1. The molecule has 2 rings (SSSR count). The van der Waals surface area contributed by atoms with Crippen LogP contribution in [0.1, 0.15) is 0 Å². The Morgan fingerprint density at radius 3 is 2.50 bits per heavy atom. The molecule has 0 aliphatic carbocycles. The van der Waals surface area contributed by atoms with Gasteiger partial charge < -0.3 is 10.4 Å². The highest BCUT2D eigenvalue weighted by atomic mass is 35.5. The molecule has 16 heavy (non-hydrogen) atoms. The molecule has 0 aliphatic heterocycles. The van der Waals surface area contributed by atoms with Gasteiger partial charge in [-0.1, -0.05) is 11.6 Å². The maximum Gasteiger partial charge on any atom is 0.231 e. The second-order valence-electron chi connectivity index (χ2n) is 3.00. The highest BCUT2D eigenvalue weighted by molar-refractivity contribution is 6.29. The minimum atomic E-state index is -0.333. The lowest BCUT2D eigenvalue weighted by Gasteiger charge is -2.04. The number of benzene rings is 1. The van der Waals surface area contributed by atoms with Crippen LogP contribution in [0.25, 0.3) is 0 Å². The van der Waals surface area contributed by atoms with Crippen LogP contribution in [0.2, 0.25) is 5.15 Å². The molecule has 1 aromatic heterocycles. The zero-order valence-electron chi connectivity index (χ0n) is 7.98. The highest BCUT2D eigenvalue weighted by Crippen LogP contribution is 2.18. The third-order valence-electron chi connectivity index (χ3n) is 1.78. The molecule has 4 nitrogen and oxygen atoms in total. The van der Waals surface area contributed by atoms with E-state index < -0.39 is 0 Å². The van der Waals surface area contributed by atoms with Crippen molar-refractivity contribution in [2.75, 3.05) is 5.32 Å². The fourth-order valence-electron chi connectivity index (χ4n) is 1.12. The molecule has 82 valence electrons. The number of anilines is 2. The zero-order valence-corrected chi connectivity index (χ0v) is 8.74. The van der Waals surface area contributed by atoms with E-state index in [2.05, 4.69) is 15.3 Å². The summed E-state index contributed by atoms with van der Waals surface area (Å²) in [5.41, 5.74) is 0.600. The lowest BCUT2D eigenvalue weighted by molar-refractivity contribution is 0.453. The van der Waals surface area contributed by atoms with Crippen molar-refractivity contribution in [3.8, 4) is 5.88 Å². The van der Waals surface area contributed by atoms with Gasteiger partial charge in [0.15, 0.2) is 0 Å². The van der Waals surface area contributed by atoms with E-state index in [9.17, 15) is 9.50 Å². The normalized spacial score (nSPS) is 10.1. The van der Waals surface area contributed by atoms with Crippen LogP contribution >= 0.6 is 11.6 Å². The number of hydrogen-bond donors (Lipinski definition) is 2. The number of nitrogens with one attached hydrogen (secondary N) is 1. The van der Waals surface area contributed by atoms with E-state index in [-0.39, 0.29) is 22.8 Å². The Morgan fingerprint density at radius 1 is 1.19 bits per heavy atom. The maximum absolute atomic E-state index is 12.6. The van der Waals surface area contributed by atoms with Gasteiger partial charge in [-0.05, 0) is 24.3 Å².